The number of pyridine rings is 1. The van der Waals surface area contributed by atoms with Crippen molar-refractivity contribution in [1.29, 1.82) is 0 Å². The van der Waals surface area contributed by atoms with Crippen LogP contribution in [0.2, 0.25) is 0 Å². The first-order chi connectivity index (χ1) is 13.9. The van der Waals surface area contributed by atoms with Crippen LogP contribution in [0.15, 0.2) is 54.7 Å². The van der Waals surface area contributed by atoms with Crippen molar-refractivity contribution < 1.29 is 0 Å². The van der Waals surface area contributed by atoms with Gasteiger partial charge in [-0.3, -0.25) is 4.98 Å². The van der Waals surface area contributed by atoms with E-state index in [-0.39, 0.29) is 10.8 Å². The minimum Gasteiger partial charge on any atom is -0.256 e. The molecule has 30 heavy (non-hydrogen) atoms. The summed E-state index contributed by atoms with van der Waals surface area (Å²) in [6.45, 7) is 18.3. The lowest BCUT2D eigenvalue weighted by atomic mass is 9.81. The summed E-state index contributed by atoms with van der Waals surface area (Å²) in [5, 5.41) is 0. The first-order valence-corrected chi connectivity index (χ1v) is 11.1. The summed E-state index contributed by atoms with van der Waals surface area (Å²) in [6.07, 6.45) is 4.24. The number of benzene rings is 2. The molecular weight excluding hydrogens is 362 g/mol. The zero-order valence-corrected chi connectivity index (χ0v) is 20.1. The lowest BCUT2D eigenvalue weighted by Gasteiger charge is -2.25. The number of nitrogens with zero attached hydrogens (tertiary/aromatic N) is 1. The fraction of sp³-hybridized carbons (Fsp3) is 0.414. The van der Waals surface area contributed by atoms with Crippen LogP contribution in [-0.4, -0.2) is 4.98 Å². The monoisotopic (exact) mass is 399 g/mol. The third-order valence-corrected chi connectivity index (χ3v) is 5.46. The van der Waals surface area contributed by atoms with Crippen molar-refractivity contribution in [3.63, 3.8) is 0 Å². The summed E-state index contributed by atoms with van der Waals surface area (Å²) in [4.78, 5) is 4.95. The molecule has 0 unspecified atom stereocenters. The molecule has 1 nitrogen and oxygen atoms in total. The van der Waals surface area contributed by atoms with Crippen LogP contribution in [0, 0.1) is 24.7 Å². The Morgan fingerprint density at radius 3 is 1.83 bits per heavy atom. The largest absolute Gasteiger partial charge is 0.256 e. The molecule has 0 radical (unpaired) electrons. The summed E-state index contributed by atoms with van der Waals surface area (Å²) in [5.74, 6) is 0. The Hall–Kier alpha value is -2.41. The molecule has 0 aliphatic heterocycles. The van der Waals surface area contributed by atoms with Gasteiger partial charge in [-0.25, -0.2) is 0 Å². The zero-order valence-electron chi connectivity index (χ0n) is 20.1. The predicted octanol–water partition coefficient (Wildman–Crippen LogP) is 8.21. The second-order valence-electron chi connectivity index (χ2n) is 11.2. The quantitative estimate of drug-likeness (QED) is 0.431. The molecule has 1 aromatic heterocycles. The van der Waals surface area contributed by atoms with Crippen LogP contribution < -0.4 is 0 Å². The van der Waals surface area contributed by atoms with E-state index in [9.17, 15) is 0 Å². The second kappa shape index (κ2) is 8.38. The van der Waals surface area contributed by atoms with Crippen LogP contribution in [0.25, 0.3) is 22.4 Å². The molecule has 3 rings (SSSR count). The summed E-state index contributed by atoms with van der Waals surface area (Å²) >= 11 is 0. The Kier molecular flexibility index (Phi) is 6.22. The molecule has 0 atom stereocenters. The van der Waals surface area contributed by atoms with E-state index < -0.39 is 0 Å². The van der Waals surface area contributed by atoms with Crippen molar-refractivity contribution in [2.24, 2.45) is 10.8 Å². The molecule has 158 valence electrons. The first kappa shape index (κ1) is 22.3. The lowest BCUT2D eigenvalue weighted by Crippen LogP contribution is -2.16. The Balaban J connectivity index is 2.12. The van der Waals surface area contributed by atoms with Crippen molar-refractivity contribution in [3.8, 4) is 22.4 Å². The summed E-state index contributed by atoms with van der Waals surface area (Å²) in [5.41, 5.74) is 10.8. The van der Waals surface area contributed by atoms with Gasteiger partial charge < -0.3 is 0 Å². The first-order valence-electron chi connectivity index (χ1n) is 11.1. The highest BCUT2D eigenvalue weighted by Gasteiger charge is 2.20. The van der Waals surface area contributed by atoms with Gasteiger partial charge in [0.15, 0.2) is 0 Å². The molecule has 0 fully saturated rings. The van der Waals surface area contributed by atoms with Crippen molar-refractivity contribution in [1.82, 2.24) is 4.98 Å². The molecular formula is C29H37N. The highest BCUT2D eigenvalue weighted by atomic mass is 14.7. The highest BCUT2D eigenvalue weighted by molar-refractivity contribution is 5.76. The van der Waals surface area contributed by atoms with E-state index in [2.05, 4.69) is 110 Å². The number of aryl methyl sites for hydroxylation is 2. The molecule has 0 aliphatic rings. The van der Waals surface area contributed by atoms with Gasteiger partial charge in [-0.1, -0.05) is 77.9 Å². The normalized spacial score (nSPS) is 12.3. The maximum atomic E-state index is 4.95. The van der Waals surface area contributed by atoms with Crippen molar-refractivity contribution in [2.45, 2.75) is 68.2 Å². The molecule has 0 N–H and O–H groups in total. The van der Waals surface area contributed by atoms with Gasteiger partial charge in [0.25, 0.3) is 0 Å². The molecule has 0 saturated carbocycles. The Morgan fingerprint density at radius 2 is 1.23 bits per heavy atom. The van der Waals surface area contributed by atoms with Gasteiger partial charge in [0.1, 0.15) is 0 Å². The molecule has 0 saturated heterocycles. The predicted molar refractivity (Wildman–Crippen MR) is 131 cm³/mol. The summed E-state index contributed by atoms with van der Waals surface area (Å²) in [7, 11) is 0. The van der Waals surface area contributed by atoms with Crippen LogP contribution in [-0.2, 0) is 12.8 Å². The Labute approximate surface area is 183 Å². The average molecular weight is 400 g/mol. The SMILES string of the molecule is Cc1cc(C)c(-c2cc(CC(C)(C)C)c(CC(C)(C)C)cn2)cc1-c1ccccc1. The average Bonchev–Trinajstić information content (AvgIpc) is 2.62. The van der Waals surface area contributed by atoms with Gasteiger partial charge in [-0.05, 0) is 83.0 Å². The molecule has 1 heterocycles. The van der Waals surface area contributed by atoms with E-state index in [4.69, 9.17) is 4.98 Å². The van der Waals surface area contributed by atoms with E-state index in [1.165, 1.54) is 38.9 Å². The van der Waals surface area contributed by atoms with E-state index in [0.29, 0.717) is 0 Å². The van der Waals surface area contributed by atoms with Gasteiger partial charge in [0.05, 0.1) is 5.69 Å². The van der Waals surface area contributed by atoms with Gasteiger partial charge in [-0.2, -0.15) is 0 Å². The fourth-order valence-electron chi connectivity index (χ4n) is 4.20. The van der Waals surface area contributed by atoms with Gasteiger partial charge in [0, 0.05) is 11.8 Å². The fourth-order valence-corrected chi connectivity index (χ4v) is 4.20. The summed E-state index contributed by atoms with van der Waals surface area (Å²) < 4.78 is 0. The van der Waals surface area contributed by atoms with Gasteiger partial charge >= 0.3 is 0 Å². The maximum Gasteiger partial charge on any atom is 0.0707 e. The maximum absolute atomic E-state index is 4.95. The molecule has 3 aromatic rings. The molecule has 2 aromatic carbocycles. The molecule has 0 amide bonds. The van der Waals surface area contributed by atoms with Crippen LogP contribution in [0.5, 0.6) is 0 Å². The van der Waals surface area contributed by atoms with Crippen LogP contribution in [0.3, 0.4) is 0 Å². The zero-order chi connectivity index (χ0) is 22.1. The Bertz CT molecular complexity index is 1010. The van der Waals surface area contributed by atoms with Crippen LogP contribution in [0.4, 0.5) is 0 Å². The second-order valence-corrected chi connectivity index (χ2v) is 11.2. The van der Waals surface area contributed by atoms with Crippen molar-refractivity contribution in [3.05, 3.63) is 77.0 Å². The van der Waals surface area contributed by atoms with Crippen molar-refractivity contribution >= 4 is 0 Å². The minimum atomic E-state index is 0.239. The smallest absolute Gasteiger partial charge is 0.0707 e. The van der Waals surface area contributed by atoms with Crippen molar-refractivity contribution in [2.75, 3.05) is 0 Å². The van der Waals surface area contributed by atoms with Crippen LogP contribution >= 0.6 is 0 Å². The number of aromatic nitrogens is 1. The number of rotatable bonds is 4. The summed E-state index contributed by atoms with van der Waals surface area (Å²) in [6, 6.07) is 17.6. The highest BCUT2D eigenvalue weighted by Crippen LogP contribution is 2.34. The van der Waals surface area contributed by atoms with E-state index in [0.717, 1.165) is 18.5 Å². The molecule has 0 bridgehead atoms. The Morgan fingerprint density at radius 1 is 0.667 bits per heavy atom. The number of hydrogen-bond acceptors (Lipinski definition) is 1. The third-order valence-electron chi connectivity index (χ3n) is 5.46. The topological polar surface area (TPSA) is 12.9 Å². The number of hydrogen-bond donors (Lipinski definition) is 0. The van der Waals surface area contributed by atoms with Gasteiger partial charge in [0.2, 0.25) is 0 Å². The van der Waals surface area contributed by atoms with E-state index in [1.807, 2.05) is 0 Å². The molecule has 0 spiro atoms. The standard InChI is InChI=1S/C29H37N/c1-20-14-21(2)26(16-25(20)22-12-10-9-11-13-22)27-15-23(17-28(3,4)5)24(19-30-27)18-29(6,7)8/h9-16,19H,17-18H2,1-8H3. The third kappa shape index (κ3) is 5.59. The lowest BCUT2D eigenvalue weighted by molar-refractivity contribution is 0.392. The molecule has 0 aliphatic carbocycles. The van der Waals surface area contributed by atoms with Crippen LogP contribution in [0.1, 0.15) is 63.8 Å². The molecule has 1 heteroatoms. The van der Waals surface area contributed by atoms with E-state index >= 15 is 0 Å². The minimum absolute atomic E-state index is 0.239. The van der Waals surface area contributed by atoms with E-state index in [1.54, 1.807) is 0 Å². The van der Waals surface area contributed by atoms with Gasteiger partial charge in [-0.15, -0.1) is 0 Å².